The molecule has 3 aromatic rings. The maximum atomic E-state index is 14.6. The standard InChI is InChI=1S/C23H19FN2O3/c1-29-20-14-8-7-13-19(20)25-15-21(27)26(18-12-6-5-11-17(18)24)22(23(25)28)16-9-3-2-4-10-16/h2-14,22H,15H2,1H3/t22-/m0/s1. The molecule has 6 heteroatoms. The minimum atomic E-state index is -0.987. The molecule has 146 valence electrons. The highest BCUT2D eigenvalue weighted by molar-refractivity contribution is 6.15. The number of rotatable bonds is 4. The lowest BCUT2D eigenvalue weighted by Gasteiger charge is -2.40. The molecule has 1 atom stereocenters. The highest BCUT2D eigenvalue weighted by Gasteiger charge is 2.43. The van der Waals surface area contributed by atoms with Gasteiger partial charge in [-0.05, 0) is 29.8 Å². The van der Waals surface area contributed by atoms with Gasteiger partial charge in [-0.25, -0.2) is 4.39 Å². The van der Waals surface area contributed by atoms with Gasteiger partial charge in [-0.15, -0.1) is 0 Å². The van der Waals surface area contributed by atoms with Crippen LogP contribution in [-0.4, -0.2) is 25.5 Å². The Kier molecular flexibility index (Phi) is 4.99. The van der Waals surface area contributed by atoms with Gasteiger partial charge in [-0.3, -0.25) is 19.4 Å². The summed E-state index contributed by atoms with van der Waals surface area (Å²) in [5.74, 6) is -0.780. The smallest absolute Gasteiger partial charge is 0.255 e. The zero-order valence-electron chi connectivity index (χ0n) is 15.8. The molecule has 5 nitrogen and oxygen atoms in total. The highest BCUT2D eigenvalue weighted by atomic mass is 19.1. The minimum Gasteiger partial charge on any atom is -0.495 e. The van der Waals surface area contributed by atoms with Gasteiger partial charge in [0.25, 0.3) is 5.91 Å². The van der Waals surface area contributed by atoms with Crippen LogP contribution in [0.25, 0.3) is 0 Å². The van der Waals surface area contributed by atoms with Crippen molar-refractivity contribution in [3.8, 4) is 5.75 Å². The van der Waals surface area contributed by atoms with Gasteiger partial charge in [0.05, 0.1) is 18.5 Å². The lowest BCUT2D eigenvalue weighted by molar-refractivity contribution is -0.128. The zero-order valence-corrected chi connectivity index (χ0v) is 15.8. The molecular weight excluding hydrogens is 371 g/mol. The maximum Gasteiger partial charge on any atom is 0.255 e. The Bertz CT molecular complexity index is 1050. The molecule has 1 aliphatic heterocycles. The fourth-order valence-electron chi connectivity index (χ4n) is 3.60. The average Bonchev–Trinajstić information content (AvgIpc) is 2.76. The van der Waals surface area contributed by atoms with Crippen LogP contribution in [-0.2, 0) is 9.59 Å². The van der Waals surface area contributed by atoms with E-state index in [-0.39, 0.29) is 24.0 Å². The van der Waals surface area contributed by atoms with Crippen molar-refractivity contribution in [2.45, 2.75) is 6.04 Å². The molecule has 0 saturated carbocycles. The molecule has 1 fully saturated rings. The van der Waals surface area contributed by atoms with E-state index in [0.717, 1.165) is 0 Å². The van der Waals surface area contributed by atoms with Gasteiger partial charge < -0.3 is 4.74 Å². The number of halogens is 1. The summed E-state index contributed by atoms with van der Waals surface area (Å²) in [5, 5.41) is 0. The fraction of sp³-hybridized carbons (Fsp3) is 0.130. The van der Waals surface area contributed by atoms with Crippen LogP contribution in [0.3, 0.4) is 0 Å². The van der Waals surface area contributed by atoms with Gasteiger partial charge in [0.1, 0.15) is 24.2 Å². The Morgan fingerprint density at radius 3 is 2.17 bits per heavy atom. The van der Waals surface area contributed by atoms with Crippen LogP contribution in [0.5, 0.6) is 5.75 Å². The number of hydrogen-bond acceptors (Lipinski definition) is 3. The lowest BCUT2D eigenvalue weighted by Crippen LogP contribution is -2.56. The Labute approximate surface area is 167 Å². The van der Waals surface area contributed by atoms with E-state index in [4.69, 9.17) is 4.74 Å². The normalized spacial score (nSPS) is 16.8. The first-order valence-electron chi connectivity index (χ1n) is 9.17. The third kappa shape index (κ3) is 3.33. The van der Waals surface area contributed by atoms with Gasteiger partial charge in [0, 0.05) is 0 Å². The van der Waals surface area contributed by atoms with Gasteiger partial charge in [0.2, 0.25) is 5.91 Å². The number of amides is 2. The number of carbonyl (C=O) groups is 2. The van der Waals surface area contributed by atoms with E-state index in [1.807, 2.05) is 6.07 Å². The first kappa shape index (κ1) is 18.7. The van der Waals surface area contributed by atoms with Crippen LogP contribution >= 0.6 is 0 Å². The topological polar surface area (TPSA) is 49.9 Å². The molecule has 1 heterocycles. The molecule has 0 bridgehead atoms. The van der Waals surface area contributed by atoms with Crippen molar-refractivity contribution in [2.24, 2.45) is 0 Å². The van der Waals surface area contributed by atoms with E-state index in [9.17, 15) is 14.0 Å². The molecule has 4 rings (SSSR count). The second-order valence-corrected chi connectivity index (χ2v) is 6.62. The molecule has 1 saturated heterocycles. The van der Waals surface area contributed by atoms with Crippen molar-refractivity contribution in [1.29, 1.82) is 0 Å². The van der Waals surface area contributed by atoms with Crippen molar-refractivity contribution < 1.29 is 18.7 Å². The van der Waals surface area contributed by atoms with Crippen molar-refractivity contribution in [3.05, 3.63) is 90.2 Å². The summed E-state index contributed by atoms with van der Waals surface area (Å²) < 4.78 is 19.9. The Morgan fingerprint density at radius 2 is 1.48 bits per heavy atom. The Morgan fingerprint density at radius 1 is 0.862 bits per heavy atom. The molecule has 0 aromatic heterocycles. The molecule has 1 aliphatic rings. The largest absolute Gasteiger partial charge is 0.495 e. The van der Waals surface area contributed by atoms with E-state index < -0.39 is 11.9 Å². The summed E-state index contributed by atoms with van der Waals surface area (Å²) >= 11 is 0. The third-order valence-corrected chi connectivity index (χ3v) is 4.92. The number of hydrogen-bond donors (Lipinski definition) is 0. The quantitative estimate of drug-likeness (QED) is 0.678. The van der Waals surface area contributed by atoms with Crippen molar-refractivity contribution in [1.82, 2.24) is 0 Å². The molecule has 0 unspecified atom stereocenters. The van der Waals surface area contributed by atoms with Crippen LogP contribution in [0.4, 0.5) is 15.8 Å². The third-order valence-electron chi connectivity index (χ3n) is 4.92. The molecule has 0 N–H and O–H groups in total. The van der Waals surface area contributed by atoms with Crippen LogP contribution in [0, 0.1) is 5.82 Å². The molecule has 0 radical (unpaired) electrons. The number of nitrogens with zero attached hydrogens (tertiary/aromatic N) is 2. The summed E-state index contributed by atoms with van der Waals surface area (Å²) in [7, 11) is 1.51. The molecule has 0 spiro atoms. The fourth-order valence-corrected chi connectivity index (χ4v) is 3.60. The minimum absolute atomic E-state index is 0.0828. The number of para-hydroxylation sites is 3. The summed E-state index contributed by atoms with van der Waals surface area (Å²) in [6.45, 7) is -0.211. The van der Waals surface area contributed by atoms with Gasteiger partial charge in [-0.2, -0.15) is 0 Å². The zero-order chi connectivity index (χ0) is 20.4. The number of piperazine rings is 1. The predicted octanol–water partition coefficient (Wildman–Crippen LogP) is 3.96. The molecule has 0 aliphatic carbocycles. The van der Waals surface area contributed by atoms with Crippen molar-refractivity contribution in [3.63, 3.8) is 0 Å². The van der Waals surface area contributed by atoms with E-state index in [1.54, 1.807) is 60.7 Å². The monoisotopic (exact) mass is 390 g/mol. The van der Waals surface area contributed by atoms with Gasteiger partial charge in [-0.1, -0.05) is 54.6 Å². The van der Waals surface area contributed by atoms with E-state index in [0.29, 0.717) is 17.0 Å². The van der Waals surface area contributed by atoms with E-state index in [2.05, 4.69) is 0 Å². The number of anilines is 2. The highest BCUT2D eigenvalue weighted by Crippen LogP contribution is 2.38. The number of methoxy groups -OCH3 is 1. The summed E-state index contributed by atoms with van der Waals surface area (Å²) in [5.41, 5.74) is 1.19. The number of carbonyl (C=O) groups excluding carboxylic acids is 2. The van der Waals surface area contributed by atoms with Gasteiger partial charge in [0.15, 0.2) is 0 Å². The van der Waals surface area contributed by atoms with Crippen LogP contribution in [0.2, 0.25) is 0 Å². The maximum absolute atomic E-state index is 14.6. The number of ether oxygens (including phenoxy) is 1. The predicted molar refractivity (Wildman–Crippen MR) is 108 cm³/mol. The summed E-state index contributed by atoms with van der Waals surface area (Å²) in [6.07, 6.45) is 0. The first-order chi connectivity index (χ1) is 14.1. The van der Waals surface area contributed by atoms with Gasteiger partial charge >= 0.3 is 0 Å². The Hall–Kier alpha value is -3.67. The van der Waals surface area contributed by atoms with Crippen LogP contribution in [0.1, 0.15) is 11.6 Å². The van der Waals surface area contributed by atoms with Crippen molar-refractivity contribution >= 4 is 23.2 Å². The molecule has 2 amide bonds. The lowest BCUT2D eigenvalue weighted by atomic mass is 9.99. The summed E-state index contributed by atoms with van der Waals surface area (Å²) in [4.78, 5) is 29.4. The second-order valence-electron chi connectivity index (χ2n) is 6.62. The van der Waals surface area contributed by atoms with Crippen LogP contribution < -0.4 is 14.5 Å². The average molecular weight is 390 g/mol. The molecule has 29 heavy (non-hydrogen) atoms. The second kappa shape index (κ2) is 7.75. The van der Waals surface area contributed by atoms with E-state index >= 15 is 0 Å². The van der Waals surface area contributed by atoms with Crippen LogP contribution in [0.15, 0.2) is 78.9 Å². The Balaban J connectivity index is 1.85. The first-order valence-corrected chi connectivity index (χ1v) is 9.17. The number of benzene rings is 3. The molecule has 3 aromatic carbocycles. The van der Waals surface area contributed by atoms with E-state index in [1.165, 1.54) is 29.0 Å². The summed E-state index contributed by atoms with van der Waals surface area (Å²) in [6, 6.07) is 20.9. The SMILES string of the molecule is COc1ccccc1N1CC(=O)N(c2ccccc2F)[C@@H](c2ccccc2)C1=O. The molecular formula is C23H19FN2O3. The van der Waals surface area contributed by atoms with Crippen molar-refractivity contribution in [2.75, 3.05) is 23.5 Å².